The number of nitrogens with two attached hydrogens (primary N) is 1. The quantitative estimate of drug-likeness (QED) is 0.900. The van der Waals surface area contributed by atoms with Gasteiger partial charge in [-0.25, -0.2) is 0 Å². The first-order valence-electron chi connectivity index (χ1n) is 6.90. The number of benzene rings is 1. The molecule has 1 aliphatic carbocycles. The molecular formula is C15H21N3. The minimum atomic E-state index is 0.700. The van der Waals surface area contributed by atoms with E-state index in [0.29, 0.717) is 5.92 Å². The van der Waals surface area contributed by atoms with Crippen LogP contribution < -0.4 is 5.73 Å². The van der Waals surface area contributed by atoms with Crippen molar-refractivity contribution >= 4 is 10.9 Å². The van der Waals surface area contributed by atoms with Gasteiger partial charge in [0.05, 0.1) is 11.2 Å². The summed E-state index contributed by atoms with van der Waals surface area (Å²) in [4.78, 5) is 0. The number of hydrogen-bond donors (Lipinski definition) is 1. The average Bonchev–Trinajstić information content (AvgIpc) is 2.96. The zero-order valence-electron chi connectivity index (χ0n) is 11.0. The second-order valence-corrected chi connectivity index (χ2v) is 5.48. The van der Waals surface area contributed by atoms with Crippen LogP contribution in [0.3, 0.4) is 0 Å². The smallest absolute Gasteiger partial charge is 0.0706 e. The van der Waals surface area contributed by atoms with Crippen LogP contribution in [-0.2, 0) is 13.5 Å². The topological polar surface area (TPSA) is 43.8 Å². The molecule has 0 amide bonds. The van der Waals surface area contributed by atoms with Crippen LogP contribution in [0.25, 0.3) is 10.9 Å². The number of aryl methyl sites for hydroxylation is 1. The molecule has 0 aliphatic heterocycles. The highest BCUT2D eigenvalue weighted by atomic mass is 15.3. The highest BCUT2D eigenvalue weighted by Crippen LogP contribution is 2.34. The summed E-state index contributed by atoms with van der Waals surface area (Å²) >= 11 is 0. The van der Waals surface area contributed by atoms with Crippen molar-refractivity contribution in [1.82, 2.24) is 9.78 Å². The van der Waals surface area contributed by atoms with Gasteiger partial charge in [0.25, 0.3) is 0 Å². The molecule has 0 saturated heterocycles. The Morgan fingerprint density at radius 2 is 2.06 bits per heavy atom. The molecule has 18 heavy (non-hydrogen) atoms. The maximum absolute atomic E-state index is 5.87. The van der Waals surface area contributed by atoms with Gasteiger partial charge in [0, 0.05) is 12.4 Å². The van der Waals surface area contributed by atoms with E-state index >= 15 is 0 Å². The average molecular weight is 243 g/mol. The number of nitrogens with zero attached hydrogens (tertiary/aromatic N) is 2. The van der Waals surface area contributed by atoms with Crippen LogP contribution in [0.5, 0.6) is 0 Å². The van der Waals surface area contributed by atoms with E-state index in [1.807, 2.05) is 11.7 Å². The molecule has 96 valence electrons. The Morgan fingerprint density at radius 3 is 2.89 bits per heavy atom. The van der Waals surface area contributed by atoms with Crippen LogP contribution in [0.15, 0.2) is 24.3 Å². The molecule has 2 N–H and O–H groups in total. The van der Waals surface area contributed by atoms with Crippen molar-refractivity contribution in [3.05, 3.63) is 30.0 Å². The van der Waals surface area contributed by atoms with Crippen LogP contribution in [0.1, 0.15) is 25.0 Å². The van der Waals surface area contributed by atoms with Crippen molar-refractivity contribution in [2.45, 2.75) is 25.7 Å². The SMILES string of the molecule is Cn1nc(CC2CCCC2CN)c2ccccc21. The lowest BCUT2D eigenvalue weighted by atomic mass is 9.91. The van der Waals surface area contributed by atoms with E-state index in [1.54, 1.807) is 0 Å². The normalized spacial score (nSPS) is 23.9. The van der Waals surface area contributed by atoms with E-state index in [0.717, 1.165) is 18.9 Å². The molecule has 1 aliphatic rings. The molecule has 1 fully saturated rings. The molecule has 2 atom stereocenters. The summed E-state index contributed by atoms with van der Waals surface area (Å²) in [5.74, 6) is 1.43. The van der Waals surface area contributed by atoms with Crippen molar-refractivity contribution in [2.24, 2.45) is 24.6 Å². The Labute approximate surface area is 108 Å². The molecule has 1 aromatic carbocycles. The number of rotatable bonds is 3. The summed E-state index contributed by atoms with van der Waals surface area (Å²) in [7, 11) is 2.03. The predicted molar refractivity (Wildman–Crippen MR) is 74.3 cm³/mol. The Hall–Kier alpha value is -1.35. The lowest BCUT2D eigenvalue weighted by Crippen LogP contribution is -2.20. The van der Waals surface area contributed by atoms with Gasteiger partial charge in [-0.15, -0.1) is 0 Å². The summed E-state index contributed by atoms with van der Waals surface area (Å²) in [5.41, 5.74) is 8.35. The molecule has 3 rings (SSSR count). The Balaban J connectivity index is 1.91. The number of aromatic nitrogens is 2. The Morgan fingerprint density at radius 1 is 1.28 bits per heavy atom. The number of para-hydroxylation sites is 1. The van der Waals surface area contributed by atoms with Gasteiger partial charge in [-0.05, 0) is 43.7 Å². The maximum atomic E-state index is 5.87. The zero-order valence-corrected chi connectivity index (χ0v) is 11.0. The molecule has 1 heterocycles. The minimum Gasteiger partial charge on any atom is -0.330 e. The van der Waals surface area contributed by atoms with Crippen LogP contribution in [-0.4, -0.2) is 16.3 Å². The largest absolute Gasteiger partial charge is 0.330 e. The molecular weight excluding hydrogens is 222 g/mol. The van der Waals surface area contributed by atoms with Crippen molar-refractivity contribution in [1.29, 1.82) is 0 Å². The molecule has 0 bridgehead atoms. The van der Waals surface area contributed by atoms with Gasteiger partial charge in [0.15, 0.2) is 0 Å². The third-order valence-electron chi connectivity index (χ3n) is 4.41. The summed E-state index contributed by atoms with van der Waals surface area (Å²) in [6.45, 7) is 0.829. The van der Waals surface area contributed by atoms with E-state index < -0.39 is 0 Å². The first-order valence-corrected chi connectivity index (χ1v) is 6.90. The third kappa shape index (κ3) is 1.93. The molecule has 2 unspecified atom stereocenters. The standard InChI is InChI=1S/C15H21N3/c1-18-15-8-3-2-7-13(15)14(17-18)9-11-5-4-6-12(11)10-16/h2-3,7-8,11-12H,4-6,9-10,16H2,1H3. The van der Waals surface area contributed by atoms with Crippen molar-refractivity contribution in [3.8, 4) is 0 Å². The van der Waals surface area contributed by atoms with Crippen LogP contribution in [0, 0.1) is 11.8 Å². The monoisotopic (exact) mass is 243 g/mol. The summed E-state index contributed by atoms with van der Waals surface area (Å²) in [6, 6.07) is 8.50. The highest BCUT2D eigenvalue weighted by molar-refractivity contribution is 5.81. The van der Waals surface area contributed by atoms with Crippen molar-refractivity contribution in [3.63, 3.8) is 0 Å². The van der Waals surface area contributed by atoms with E-state index in [9.17, 15) is 0 Å². The van der Waals surface area contributed by atoms with Gasteiger partial charge in [0.1, 0.15) is 0 Å². The van der Waals surface area contributed by atoms with Gasteiger partial charge in [-0.2, -0.15) is 5.10 Å². The fourth-order valence-electron chi connectivity index (χ4n) is 3.38. The van der Waals surface area contributed by atoms with Gasteiger partial charge >= 0.3 is 0 Å². The molecule has 1 aromatic heterocycles. The molecule has 2 aromatic rings. The zero-order chi connectivity index (χ0) is 12.5. The lowest BCUT2D eigenvalue weighted by molar-refractivity contribution is 0.391. The van der Waals surface area contributed by atoms with E-state index in [2.05, 4.69) is 24.3 Å². The number of hydrogen-bond acceptors (Lipinski definition) is 2. The second-order valence-electron chi connectivity index (χ2n) is 5.48. The van der Waals surface area contributed by atoms with Crippen LogP contribution in [0.4, 0.5) is 0 Å². The molecule has 0 spiro atoms. The Bertz CT molecular complexity index is 544. The van der Waals surface area contributed by atoms with Crippen molar-refractivity contribution in [2.75, 3.05) is 6.54 Å². The number of fused-ring (bicyclic) bond motifs is 1. The summed E-state index contributed by atoms with van der Waals surface area (Å²) in [6.07, 6.45) is 5.03. The fourth-order valence-corrected chi connectivity index (χ4v) is 3.38. The summed E-state index contributed by atoms with van der Waals surface area (Å²) in [5, 5.41) is 6.01. The van der Waals surface area contributed by atoms with E-state index in [1.165, 1.54) is 35.9 Å². The Kier molecular flexibility index (Phi) is 3.08. The molecule has 3 nitrogen and oxygen atoms in total. The molecule has 0 radical (unpaired) electrons. The fraction of sp³-hybridized carbons (Fsp3) is 0.533. The maximum Gasteiger partial charge on any atom is 0.0706 e. The van der Waals surface area contributed by atoms with Crippen LogP contribution in [0.2, 0.25) is 0 Å². The van der Waals surface area contributed by atoms with Gasteiger partial charge in [-0.1, -0.05) is 24.6 Å². The first kappa shape index (κ1) is 11.7. The molecule has 1 saturated carbocycles. The minimum absolute atomic E-state index is 0.700. The van der Waals surface area contributed by atoms with E-state index in [-0.39, 0.29) is 0 Å². The predicted octanol–water partition coefficient (Wildman–Crippen LogP) is 2.49. The van der Waals surface area contributed by atoms with Gasteiger partial charge in [0.2, 0.25) is 0 Å². The van der Waals surface area contributed by atoms with Gasteiger partial charge < -0.3 is 5.73 Å². The van der Waals surface area contributed by atoms with E-state index in [4.69, 9.17) is 10.8 Å². The highest BCUT2D eigenvalue weighted by Gasteiger charge is 2.27. The third-order valence-corrected chi connectivity index (χ3v) is 4.41. The molecule has 3 heteroatoms. The van der Waals surface area contributed by atoms with Crippen LogP contribution >= 0.6 is 0 Å². The van der Waals surface area contributed by atoms with Gasteiger partial charge in [-0.3, -0.25) is 4.68 Å². The van der Waals surface area contributed by atoms with Crippen molar-refractivity contribution < 1.29 is 0 Å². The summed E-state index contributed by atoms with van der Waals surface area (Å²) < 4.78 is 2.00. The lowest BCUT2D eigenvalue weighted by Gasteiger charge is -2.16. The first-order chi connectivity index (χ1) is 8.79. The second kappa shape index (κ2) is 4.73.